The SMILES string of the molecule is CN(C)S(=O)(=O)CCCN1CCCC1c1cnn(C)c1. The third-order valence-corrected chi connectivity index (χ3v) is 5.79. The Kier molecular flexibility index (Phi) is 4.82. The maximum absolute atomic E-state index is 11.8. The molecule has 1 aliphatic heterocycles. The quantitative estimate of drug-likeness (QED) is 0.781. The summed E-state index contributed by atoms with van der Waals surface area (Å²) in [5.74, 6) is 0.219. The van der Waals surface area contributed by atoms with Crippen molar-refractivity contribution in [2.75, 3.05) is 32.9 Å². The van der Waals surface area contributed by atoms with Gasteiger partial charge in [0.2, 0.25) is 10.0 Å². The van der Waals surface area contributed by atoms with Gasteiger partial charge in [0.05, 0.1) is 11.9 Å². The number of sulfonamides is 1. The maximum atomic E-state index is 11.8. The summed E-state index contributed by atoms with van der Waals surface area (Å²) in [5, 5.41) is 4.23. The molecule has 1 aliphatic rings. The molecular weight excluding hydrogens is 276 g/mol. The van der Waals surface area contributed by atoms with E-state index in [1.165, 1.54) is 16.3 Å². The van der Waals surface area contributed by atoms with Crippen LogP contribution in [-0.2, 0) is 17.1 Å². The van der Waals surface area contributed by atoms with E-state index in [1.807, 2.05) is 17.9 Å². The van der Waals surface area contributed by atoms with Crippen molar-refractivity contribution in [3.63, 3.8) is 0 Å². The van der Waals surface area contributed by atoms with Crippen LogP contribution in [-0.4, -0.2) is 60.3 Å². The first kappa shape index (κ1) is 15.5. The van der Waals surface area contributed by atoms with E-state index >= 15 is 0 Å². The molecule has 0 N–H and O–H groups in total. The molecule has 0 spiro atoms. The molecule has 1 aromatic heterocycles. The molecule has 2 rings (SSSR count). The van der Waals surface area contributed by atoms with Crippen LogP contribution in [0.3, 0.4) is 0 Å². The van der Waals surface area contributed by atoms with Crippen molar-refractivity contribution in [3.05, 3.63) is 18.0 Å². The van der Waals surface area contributed by atoms with E-state index in [1.54, 1.807) is 14.1 Å². The third-order valence-electron chi connectivity index (χ3n) is 3.88. The van der Waals surface area contributed by atoms with E-state index in [-0.39, 0.29) is 5.75 Å². The van der Waals surface area contributed by atoms with Crippen molar-refractivity contribution in [1.29, 1.82) is 0 Å². The van der Waals surface area contributed by atoms with Crippen LogP contribution in [0.25, 0.3) is 0 Å². The average molecular weight is 300 g/mol. The summed E-state index contributed by atoms with van der Waals surface area (Å²) in [4.78, 5) is 2.38. The molecular formula is C13H24N4O2S. The minimum atomic E-state index is -3.08. The Morgan fingerprint density at radius 1 is 1.45 bits per heavy atom. The zero-order valence-electron chi connectivity index (χ0n) is 12.5. The van der Waals surface area contributed by atoms with Gasteiger partial charge in [-0.25, -0.2) is 12.7 Å². The first-order valence-electron chi connectivity index (χ1n) is 7.03. The zero-order valence-corrected chi connectivity index (χ0v) is 13.3. The molecule has 0 amide bonds. The first-order valence-corrected chi connectivity index (χ1v) is 8.64. The van der Waals surface area contributed by atoms with Gasteiger partial charge in [-0.15, -0.1) is 0 Å². The van der Waals surface area contributed by atoms with Crippen molar-refractivity contribution < 1.29 is 8.42 Å². The highest BCUT2D eigenvalue weighted by atomic mass is 32.2. The number of aromatic nitrogens is 2. The Bertz CT molecular complexity index is 538. The first-order chi connectivity index (χ1) is 9.40. The van der Waals surface area contributed by atoms with E-state index < -0.39 is 10.0 Å². The Labute approximate surface area is 121 Å². The number of hydrogen-bond acceptors (Lipinski definition) is 4. The molecule has 114 valence electrons. The van der Waals surface area contributed by atoms with Gasteiger partial charge in [0.1, 0.15) is 0 Å². The fourth-order valence-corrected chi connectivity index (χ4v) is 3.58. The smallest absolute Gasteiger partial charge is 0.213 e. The van der Waals surface area contributed by atoms with Gasteiger partial charge < -0.3 is 0 Å². The van der Waals surface area contributed by atoms with Crippen LogP contribution in [0.1, 0.15) is 30.9 Å². The lowest BCUT2D eigenvalue weighted by molar-refractivity contribution is 0.258. The topological polar surface area (TPSA) is 58.4 Å². The maximum Gasteiger partial charge on any atom is 0.213 e. The monoisotopic (exact) mass is 300 g/mol. The summed E-state index contributed by atoms with van der Waals surface area (Å²) >= 11 is 0. The summed E-state index contributed by atoms with van der Waals surface area (Å²) in [6.07, 6.45) is 6.95. The molecule has 1 atom stereocenters. The van der Waals surface area contributed by atoms with Gasteiger partial charge in [-0.2, -0.15) is 5.10 Å². The van der Waals surface area contributed by atoms with Crippen molar-refractivity contribution in [3.8, 4) is 0 Å². The van der Waals surface area contributed by atoms with Crippen LogP contribution in [0.5, 0.6) is 0 Å². The molecule has 2 heterocycles. The molecule has 6 nitrogen and oxygen atoms in total. The van der Waals surface area contributed by atoms with Crippen molar-refractivity contribution in [2.24, 2.45) is 7.05 Å². The second-order valence-corrected chi connectivity index (χ2v) is 7.90. The molecule has 0 saturated carbocycles. The molecule has 0 aliphatic carbocycles. The van der Waals surface area contributed by atoms with Gasteiger partial charge in [-0.05, 0) is 32.4 Å². The molecule has 1 aromatic rings. The van der Waals surface area contributed by atoms with Gasteiger partial charge in [0.25, 0.3) is 0 Å². The fraction of sp³-hybridized carbons (Fsp3) is 0.769. The highest BCUT2D eigenvalue weighted by molar-refractivity contribution is 7.89. The second kappa shape index (κ2) is 6.24. The third kappa shape index (κ3) is 3.59. The highest BCUT2D eigenvalue weighted by Gasteiger charge is 2.27. The minimum absolute atomic E-state index is 0.219. The number of aryl methyl sites for hydroxylation is 1. The molecule has 20 heavy (non-hydrogen) atoms. The summed E-state index contributed by atoms with van der Waals surface area (Å²) in [6.45, 7) is 1.87. The second-order valence-electron chi connectivity index (χ2n) is 5.59. The normalized spacial score (nSPS) is 20.9. The molecule has 0 aromatic carbocycles. The average Bonchev–Trinajstić information content (AvgIpc) is 2.97. The van der Waals surface area contributed by atoms with Gasteiger partial charge in [0.15, 0.2) is 0 Å². The molecule has 7 heteroatoms. The predicted octanol–water partition coefficient (Wildman–Crippen LogP) is 0.839. The number of hydrogen-bond donors (Lipinski definition) is 0. The molecule has 1 fully saturated rings. The fourth-order valence-electron chi connectivity index (χ4n) is 2.72. The summed E-state index contributed by atoms with van der Waals surface area (Å²) in [7, 11) is 2.02. The Balaban J connectivity index is 1.89. The van der Waals surface area contributed by atoms with E-state index in [0.717, 1.165) is 19.5 Å². The van der Waals surface area contributed by atoms with Crippen LogP contribution in [0, 0.1) is 0 Å². The van der Waals surface area contributed by atoms with Gasteiger partial charge in [0, 0.05) is 38.9 Å². The van der Waals surface area contributed by atoms with Gasteiger partial charge in [-0.3, -0.25) is 9.58 Å². The lowest BCUT2D eigenvalue weighted by atomic mass is 10.1. The summed E-state index contributed by atoms with van der Waals surface area (Å²) in [6, 6.07) is 0.394. The van der Waals surface area contributed by atoms with Crippen LogP contribution in [0.15, 0.2) is 12.4 Å². The number of nitrogens with zero attached hydrogens (tertiary/aromatic N) is 4. The van der Waals surface area contributed by atoms with Crippen molar-refractivity contribution in [2.45, 2.75) is 25.3 Å². The standard InChI is InChI=1S/C13H24N4O2S/c1-15(2)20(18,19)9-5-8-17-7-4-6-13(17)12-10-14-16(3)11-12/h10-11,13H,4-9H2,1-3H3. The molecule has 0 radical (unpaired) electrons. The van der Waals surface area contributed by atoms with Crippen molar-refractivity contribution in [1.82, 2.24) is 19.0 Å². The number of rotatable bonds is 6. The minimum Gasteiger partial charge on any atom is -0.296 e. The molecule has 0 bridgehead atoms. The Morgan fingerprint density at radius 2 is 2.20 bits per heavy atom. The van der Waals surface area contributed by atoms with Crippen LogP contribution in [0.2, 0.25) is 0 Å². The summed E-state index contributed by atoms with van der Waals surface area (Å²) in [5.41, 5.74) is 1.24. The molecule has 1 unspecified atom stereocenters. The predicted molar refractivity (Wildman–Crippen MR) is 78.8 cm³/mol. The van der Waals surface area contributed by atoms with E-state index in [2.05, 4.69) is 16.2 Å². The van der Waals surface area contributed by atoms with E-state index in [0.29, 0.717) is 12.5 Å². The molecule has 1 saturated heterocycles. The summed E-state index contributed by atoms with van der Waals surface area (Å²) < 4.78 is 26.6. The van der Waals surface area contributed by atoms with Crippen LogP contribution >= 0.6 is 0 Å². The van der Waals surface area contributed by atoms with Gasteiger partial charge >= 0.3 is 0 Å². The number of likely N-dealkylation sites (tertiary alicyclic amines) is 1. The lowest BCUT2D eigenvalue weighted by Gasteiger charge is -2.23. The van der Waals surface area contributed by atoms with Crippen molar-refractivity contribution >= 4 is 10.0 Å². The highest BCUT2D eigenvalue weighted by Crippen LogP contribution is 2.31. The Hall–Kier alpha value is -0.920. The van der Waals surface area contributed by atoms with E-state index in [4.69, 9.17) is 0 Å². The Morgan fingerprint density at radius 3 is 2.80 bits per heavy atom. The lowest BCUT2D eigenvalue weighted by Crippen LogP contribution is -2.29. The van der Waals surface area contributed by atoms with Crippen LogP contribution < -0.4 is 0 Å². The van der Waals surface area contributed by atoms with Crippen LogP contribution in [0.4, 0.5) is 0 Å². The zero-order chi connectivity index (χ0) is 14.8. The largest absolute Gasteiger partial charge is 0.296 e. The van der Waals surface area contributed by atoms with Gasteiger partial charge in [-0.1, -0.05) is 0 Å². The van der Waals surface area contributed by atoms with E-state index in [9.17, 15) is 8.42 Å².